The molecule has 30 heavy (non-hydrogen) atoms. The number of alkyl halides is 4. The van der Waals surface area contributed by atoms with E-state index in [4.69, 9.17) is 10.00 Å². The molecule has 0 saturated carbocycles. The highest BCUT2D eigenvalue weighted by Crippen LogP contribution is 2.64. The molecule has 2 aliphatic carbocycles. The Hall–Kier alpha value is -2.95. The number of rotatable bonds is 5. The lowest BCUT2D eigenvalue weighted by Gasteiger charge is -2.23. The van der Waals surface area contributed by atoms with E-state index in [-0.39, 0.29) is 40.3 Å². The monoisotopic (exact) mass is 420 g/mol. The number of halogens is 5. The Morgan fingerprint density at radius 3 is 2.67 bits per heavy atom. The summed E-state index contributed by atoms with van der Waals surface area (Å²) >= 11 is 0. The van der Waals surface area contributed by atoms with Crippen molar-refractivity contribution in [3.8, 4) is 17.6 Å². The van der Waals surface area contributed by atoms with Gasteiger partial charge in [-0.1, -0.05) is 13.3 Å². The minimum atomic E-state index is -4.29. The van der Waals surface area contributed by atoms with Crippen molar-refractivity contribution in [3.63, 3.8) is 0 Å². The van der Waals surface area contributed by atoms with Crippen LogP contribution in [0.25, 0.3) is 0 Å². The van der Waals surface area contributed by atoms with Crippen molar-refractivity contribution in [2.45, 2.75) is 43.9 Å². The van der Waals surface area contributed by atoms with Gasteiger partial charge in [-0.3, -0.25) is 4.99 Å². The largest absolute Gasteiger partial charge is 0.457 e. The third-order valence-electron chi connectivity index (χ3n) is 5.48. The lowest BCUT2D eigenvalue weighted by molar-refractivity contribution is -0.213. The Morgan fingerprint density at radius 2 is 1.97 bits per heavy atom. The molecular weight excluding hydrogens is 403 g/mol. The van der Waals surface area contributed by atoms with Crippen LogP contribution in [0.4, 0.5) is 22.0 Å². The van der Waals surface area contributed by atoms with Gasteiger partial charge in [-0.2, -0.15) is 22.8 Å². The van der Waals surface area contributed by atoms with E-state index in [0.29, 0.717) is 6.54 Å². The number of ether oxygens (including phenoxy) is 1. The highest BCUT2D eigenvalue weighted by molar-refractivity contribution is 6.08. The molecule has 0 fully saturated rings. The Labute approximate surface area is 169 Å². The number of aliphatic imine (C=N–C) groups is 1. The zero-order valence-corrected chi connectivity index (χ0v) is 16.0. The number of nitrogens with zero attached hydrogens (tertiary/aromatic N) is 2. The molecule has 0 bridgehead atoms. The quantitative estimate of drug-likeness (QED) is 0.421. The summed E-state index contributed by atoms with van der Waals surface area (Å²) in [5.41, 5.74) is -0.469. The molecule has 0 spiro atoms. The Kier molecular flexibility index (Phi) is 4.80. The van der Waals surface area contributed by atoms with Crippen LogP contribution in [0.3, 0.4) is 0 Å². The number of benzene rings is 2. The van der Waals surface area contributed by atoms with E-state index in [1.54, 1.807) is 6.07 Å². The van der Waals surface area contributed by atoms with Gasteiger partial charge in [-0.05, 0) is 36.2 Å². The summed E-state index contributed by atoms with van der Waals surface area (Å²) < 4.78 is 77.4. The van der Waals surface area contributed by atoms with Gasteiger partial charge in [0.2, 0.25) is 0 Å². The molecule has 0 amide bonds. The van der Waals surface area contributed by atoms with Crippen LogP contribution >= 0.6 is 0 Å². The van der Waals surface area contributed by atoms with E-state index in [2.05, 4.69) is 4.99 Å². The van der Waals surface area contributed by atoms with Crippen LogP contribution in [0.15, 0.2) is 35.3 Å². The molecule has 2 aliphatic rings. The maximum Gasteiger partial charge on any atom is 0.336 e. The van der Waals surface area contributed by atoms with Crippen LogP contribution in [-0.4, -0.2) is 18.2 Å². The molecule has 1 atom stereocenters. The van der Waals surface area contributed by atoms with Crippen LogP contribution < -0.4 is 4.74 Å². The minimum Gasteiger partial charge on any atom is -0.457 e. The first-order valence-corrected chi connectivity index (χ1v) is 9.56. The average molecular weight is 420 g/mol. The van der Waals surface area contributed by atoms with Crippen molar-refractivity contribution in [3.05, 3.63) is 58.4 Å². The molecule has 2 aromatic carbocycles. The highest BCUT2D eigenvalue weighted by Gasteiger charge is 2.70. The van der Waals surface area contributed by atoms with Crippen molar-refractivity contribution in [1.82, 2.24) is 0 Å². The summed E-state index contributed by atoms with van der Waals surface area (Å²) in [5, 5.41) is 9.01. The molecule has 1 unspecified atom stereocenters. The first-order valence-electron chi connectivity index (χ1n) is 9.56. The zero-order chi connectivity index (χ0) is 21.7. The standard InChI is InChI=1S/C22H17F5N2O/c1-2-3-6-29-17-10-16-19-15(21(24,25)22(16,26)27)4-5-18(20(17)19)30-14-8-12(11-28)7-13(23)9-14/h4-5,7-9,16H,2-3,6,10H2,1H3/b29-17-. The predicted octanol–water partition coefficient (Wildman–Crippen LogP) is 6.31. The Balaban J connectivity index is 1.85. The fraction of sp³-hybridized carbons (Fsp3) is 0.364. The van der Waals surface area contributed by atoms with Crippen molar-refractivity contribution in [2.75, 3.05) is 6.54 Å². The summed E-state index contributed by atoms with van der Waals surface area (Å²) in [7, 11) is 0. The second-order valence-electron chi connectivity index (χ2n) is 7.43. The molecule has 4 rings (SSSR count). The summed E-state index contributed by atoms with van der Waals surface area (Å²) in [4.78, 5) is 4.38. The molecule has 2 aromatic rings. The van der Waals surface area contributed by atoms with Gasteiger partial charge in [0.25, 0.3) is 0 Å². The van der Waals surface area contributed by atoms with Crippen LogP contribution in [0.1, 0.15) is 54.4 Å². The van der Waals surface area contributed by atoms with Crippen LogP contribution in [-0.2, 0) is 5.92 Å². The first kappa shape index (κ1) is 20.3. The number of nitriles is 1. The van der Waals surface area contributed by atoms with Gasteiger partial charge in [0.1, 0.15) is 17.3 Å². The highest BCUT2D eigenvalue weighted by atomic mass is 19.3. The van der Waals surface area contributed by atoms with Crippen molar-refractivity contribution < 1.29 is 26.7 Å². The maximum atomic E-state index is 14.6. The molecule has 0 aliphatic heterocycles. The fourth-order valence-electron chi connectivity index (χ4n) is 4.05. The third kappa shape index (κ3) is 2.95. The normalized spacial score (nSPS) is 21.5. The second kappa shape index (κ2) is 7.08. The summed E-state index contributed by atoms with van der Waals surface area (Å²) in [6.07, 6.45) is 1.24. The number of hydrogen-bond donors (Lipinski definition) is 0. The molecule has 0 N–H and O–H groups in total. The van der Waals surface area contributed by atoms with Crippen LogP contribution in [0.2, 0.25) is 0 Å². The van der Waals surface area contributed by atoms with Gasteiger partial charge in [-0.15, -0.1) is 0 Å². The first-order chi connectivity index (χ1) is 14.2. The van der Waals surface area contributed by atoms with Gasteiger partial charge in [0, 0.05) is 35.9 Å². The topological polar surface area (TPSA) is 45.4 Å². The van der Waals surface area contributed by atoms with Crippen LogP contribution in [0.5, 0.6) is 11.5 Å². The molecular formula is C22H17F5N2O. The molecule has 0 radical (unpaired) electrons. The van der Waals surface area contributed by atoms with Gasteiger partial charge in [0.15, 0.2) is 0 Å². The number of unbranched alkanes of at least 4 members (excludes halogenated alkanes) is 1. The van der Waals surface area contributed by atoms with Crippen LogP contribution in [0, 0.1) is 17.1 Å². The Morgan fingerprint density at radius 1 is 1.20 bits per heavy atom. The van der Waals surface area contributed by atoms with Crippen molar-refractivity contribution >= 4 is 5.71 Å². The lowest BCUT2D eigenvalue weighted by atomic mass is 10.0. The summed E-state index contributed by atoms with van der Waals surface area (Å²) in [6, 6.07) is 7.24. The van der Waals surface area contributed by atoms with Gasteiger partial charge >= 0.3 is 11.8 Å². The van der Waals surface area contributed by atoms with E-state index in [0.717, 1.165) is 31.0 Å². The summed E-state index contributed by atoms with van der Waals surface area (Å²) in [5.74, 6) is -10.9. The SMILES string of the molecule is CCCC/N=C1/CC2c3c(ccc(Oc4cc(F)cc(C#N)c4)c31)C(F)(F)C2(F)F. The maximum absolute atomic E-state index is 14.6. The fourth-order valence-corrected chi connectivity index (χ4v) is 4.05. The van der Waals surface area contributed by atoms with E-state index in [1.807, 2.05) is 6.92 Å². The minimum absolute atomic E-state index is 0.00959. The third-order valence-corrected chi connectivity index (χ3v) is 5.48. The molecule has 0 heterocycles. The smallest absolute Gasteiger partial charge is 0.336 e. The van der Waals surface area contributed by atoms with E-state index in [1.165, 1.54) is 12.1 Å². The second-order valence-corrected chi connectivity index (χ2v) is 7.43. The molecule has 156 valence electrons. The number of hydrogen-bond acceptors (Lipinski definition) is 3. The van der Waals surface area contributed by atoms with Crippen molar-refractivity contribution in [1.29, 1.82) is 5.26 Å². The predicted molar refractivity (Wildman–Crippen MR) is 100 cm³/mol. The Bertz CT molecular complexity index is 1090. The summed E-state index contributed by atoms with van der Waals surface area (Å²) in [6.45, 7) is 2.33. The van der Waals surface area contributed by atoms with E-state index in [9.17, 15) is 22.0 Å². The zero-order valence-electron chi connectivity index (χ0n) is 16.0. The van der Waals surface area contributed by atoms with Gasteiger partial charge in [0.05, 0.1) is 17.6 Å². The molecule has 0 saturated heterocycles. The average Bonchev–Trinajstić information content (AvgIpc) is 3.14. The van der Waals surface area contributed by atoms with Gasteiger partial charge < -0.3 is 4.74 Å². The van der Waals surface area contributed by atoms with E-state index < -0.39 is 29.1 Å². The molecule has 8 heteroatoms. The van der Waals surface area contributed by atoms with Crippen molar-refractivity contribution in [2.24, 2.45) is 4.99 Å². The lowest BCUT2D eigenvalue weighted by Crippen LogP contribution is -2.36. The molecule has 0 aromatic heterocycles. The molecule has 3 nitrogen and oxygen atoms in total. The van der Waals surface area contributed by atoms with E-state index >= 15 is 0 Å². The van der Waals surface area contributed by atoms with Gasteiger partial charge in [-0.25, -0.2) is 4.39 Å².